The number of aryl methyl sites for hydroxylation is 1. The van der Waals surface area contributed by atoms with Crippen LogP contribution in [-0.4, -0.2) is 46.5 Å². The van der Waals surface area contributed by atoms with E-state index in [0.29, 0.717) is 11.9 Å². The average molecular weight is 258 g/mol. The Morgan fingerprint density at radius 2 is 2.32 bits per heavy atom. The summed E-state index contributed by atoms with van der Waals surface area (Å²) in [4.78, 5) is 21.9. The summed E-state index contributed by atoms with van der Waals surface area (Å²) in [7, 11) is 0. The summed E-state index contributed by atoms with van der Waals surface area (Å²) in [6.07, 6.45) is 0. The van der Waals surface area contributed by atoms with Crippen LogP contribution in [0, 0.1) is 6.92 Å². The van der Waals surface area contributed by atoms with Crippen LogP contribution in [0.25, 0.3) is 11.0 Å². The Bertz CT molecular complexity index is 619. The Balaban J connectivity index is 1.91. The van der Waals surface area contributed by atoms with Gasteiger partial charge in [0.25, 0.3) is 5.91 Å². The monoisotopic (exact) mass is 258 g/mol. The molecule has 1 aliphatic heterocycles. The fourth-order valence-corrected chi connectivity index (χ4v) is 2.54. The second-order valence-corrected chi connectivity index (χ2v) is 5.16. The van der Waals surface area contributed by atoms with Crippen LogP contribution in [-0.2, 0) is 0 Å². The maximum absolute atomic E-state index is 12.4. The van der Waals surface area contributed by atoms with Crippen LogP contribution < -0.4 is 5.32 Å². The molecule has 1 saturated heterocycles. The van der Waals surface area contributed by atoms with Crippen LogP contribution in [0.1, 0.15) is 23.1 Å². The van der Waals surface area contributed by atoms with Gasteiger partial charge in [-0.1, -0.05) is 12.1 Å². The van der Waals surface area contributed by atoms with Gasteiger partial charge in [0.05, 0.1) is 11.0 Å². The highest BCUT2D eigenvalue weighted by Gasteiger charge is 2.24. The van der Waals surface area contributed by atoms with Gasteiger partial charge in [-0.15, -0.1) is 0 Å². The number of benzene rings is 1. The van der Waals surface area contributed by atoms with Gasteiger partial charge >= 0.3 is 0 Å². The van der Waals surface area contributed by atoms with E-state index in [2.05, 4.69) is 22.2 Å². The first kappa shape index (κ1) is 12.2. The van der Waals surface area contributed by atoms with E-state index in [4.69, 9.17) is 0 Å². The van der Waals surface area contributed by atoms with E-state index in [1.807, 2.05) is 30.0 Å². The number of fused-ring (bicyclic) bond motifs is 1. The number of aromatic nitrogens is 2. The molecule has 1 fully saturated rings. The number of aromatic amines is 1. The van der Waals surface area contributed by atoms with Crippen molar-refractivity contribution >= 4 is 16.9 Å². The van der Waals surface area contributed by atoms with Gasteiger partial charge in [0.15, 0.2) is 5.82 Å². The fraction of sp³-hybridized carbons (Fsp3) is 0.429. The third-order valence-corrected chi connectivity index (χ3v) is 3.57. The highest BCUT2D eigenvalue weighted by atomic mass is 16.2. The number of amides is 1. The predicted octanol–water partition coefficient (Wildman–Crippen LogP) is 1.31. The van der Waals surface area contributed by atoms with Crippen LogP contribution in [0.15, 0.2) is 18.2 Å². The topological polar surface area (TPSA) is 61.0 Å². The number of carbonyl (C=O) groups excluding carboxylic acids is 1. The number of hydrogen-bond acceptors (Lipinski definition) is 3. The van der Waals surface area contributed by atoms with E-state index in [0.717, 1.165) is 36.2 Å². The summed E-state index contributed by atoms with van der Waals surface area (Å²) < 4.78 is 0. The molecule has 0 spiro atoms. The third kappa shape index (κ3) is 2.21. The second-order valence-electron chi connectivity index (χ2n) is 5.16. The van der Waals surface area contributed by atoms with Crippen molar-refractivity contribution in [3.05, 3.63) is 29.6 Å². The van der Waals surface area contributed by atoms with Gasteiger partial charge in [-0.2, -0.15) is 0 Å². The van der Waals surface area contributed by atoms with Crippen LogP contribution in [0.5, 0.6) is 0 Å². The van der Waals surface area contributed by atoms with Crippen molar-refractivity contribution < 1.29 is 4.79 Å². The molecule has 19 heavy (non-hydrogen) atoms. The van der Waals surface area contributed by atoms with Gasteiger partial charge in [0.2, 0.25) is 0 Å². The molecule has 2 heterocycles. The van der Waals surface area contributed by atoms with Gasteiger partial charge in [-0.05, 0) is 25.5 Å². The smallest absolute Gasteiger partial charge is 0.289 e. The quantitative estimate of drug-likeness (QED) is 0.810. The Kier molecular flexibility index (Phi) is 2.98. The zero-order valence-electron chi connectivity index (χ0n) is 11.2. The maximum atomic E-state index is 12.4. The molecule has 5 heteroatoms. The number of nitrogens with one attached hydrogen (secondary N) is 2. The molecule has 3 rings (SSSR count). The lowest BCUT2D eigenvalue weighted by Crippen LogP contribution is -2.51. The lowest BCUT2D eigenvalue weighted by atomic mass is 10.2. The number of H-pyrrole nitrogens is 1. The van der Waals surface area contributed by atoms with Gasteiger partial charge in [0, 0.05) is 25.7 Å². The number of piperazine rings is 1. The molecule has 1 aliphatic rings. The summed E-state index contributed by atoms with van der Waals surface area (Å²) in [6, 6.07) is 6.26. The highest BCUT2D eigenvalue weighted by Crippen LogP contribution is 2.16. The molecule has 2 N–H and O–H groups in total. The minimum Gasteiger partial charge on any atom is -0.334 e. The number of hydrogen-bond donors (Lipinski definition) is 2. The summed E-state index contributed by atoms with van der Waals surface area (Å²) in [5.74, 6) is 0.433. The molecule has 0 unspecified atom stereocenters. The van der Waals surface area contributed by atoms with E-state index in [9.17, 15) is 4.79 Å². The fourth-order valence-electron chi connectivity index (χ4n) is 2.54. The molecule has 0 bridgehead atoms. The van der Waals surface area contributed by atoms with Gasteiger partial charge in [-0.3, -0.25) is 4.79 Å². The minimum absolute atomic E-state index is 0.0102. The second kappa shape index (κ2) is 4.66. The van der Waals surface area contributed by atoms with Crippen molar-refractivity contribution in [3.63, 3.8) is 0 Å². The molecule has 0 saturated carbocycles. The van der Waals surface area contributed by atoms with E-state index in [-0.39, 0.29) is 5.91 Å². The minimum atomic E-state index is -0.0102. The normalized spacial score (nSPS) is 19.9. The lowest BCUT2D eigenvalue weighted by molar-refractivity contribution is 0.0698. The van der Waals surface area contributed by atoms with E-state index < -0.39 is 0 Å². The number of nitrogens with zero attached hydrogens (tertiary/aromatic N) is 2. The van der Waals surface area contributed by atoms with Gasteiger partial charge in [0.1, 0.15) is 0 Å². The zero-order valence-corrected chi connectivity index (χ0v) is 11.2. The van der Waals surface area contributed by atoms with Crippen molar-refractivity contribution in [2.24, 2.45) is 0 Å². The SMILES string of the molecule is Cc1cccc2[nH]c(C(=O)N3CCN[C@@H](C)C3)nc12. The van der Waals surface area contributed by atoms with E-state index in [1.165, 1.54) is 0 Å². The van der Waals surface area contributed by atoms with Crippen LogP contribution in [0.3, 0.4) is 0 Å². The summed E-state index contributed by atoms with van der Waals surface area (Å²) in [5, 5.41) is 3.33. The Hall–Kier alpha value is -1.88. The van der Waals surface area contributed by atoms with Crippen LogP contribution in [0.4, 0.5) is 0 Å². The van der Waals surface area contributed by atoms with Crippen molar-refractivity contribution in [2.75, 3.05) is 19.6 Å². The van der Waals surface area contributed by atoms with E-state index >= 15 is 0 Å². The standard InChI is InChI=1S/C14H18N4O/c1-9-4-3-5-11-12(9)17-13(16-11)14(19)18-7-6-15-10(2)8-18/h3-5,10,15H,6-8H2,1-2H3,(H,16,17)/t10-/m0/s1. The van der Waals surface area contributed by atoms with Gasteiger partial charge < -0.3 is 15.2 Å². The predicted molar refractivity (Wildman–Crippen MR) is 74.2 cm³/mol. The molecule has 1 aromatic heterocycles. The largest absolute Gasteiger partial charge is 0.334 e. The molecule has 5 nitrogen and oxygen atoms in total. The van der Waals surface area contributed by atoms with E-state index in [1.54, 1.807) is 0 Å². The first-order valence-corrected chi connectivity index (χ1v) is 6.63. The molecule has 1 amide bonds. The molecule has 2 aromatic rings. The molecule has 0 aliphatic carbocycles. The summed E-state index contributed by atoms with van der Waals surface area (Å²) in [5.41, 5.74) is 2.89. The lowest BCUT2D eigenvalue weighted by Gasteiger charge is -2.31. The molecular weight excluding hydrogens is 240 g/mol. The molecule has 0 radical (unpaired) electrons. The zero-order chi connectivity index (χ0) is 13.4. The first-order valence-electron chi connectivity index (χ1n) is 6.63. The van der Waals surface area contributed by atoms with Crippen molar-refractivity contribution in [2.45, 2.75) is 19.9 Å². The Morgan fingerprint density at radius 1 is 1.47 bits per heavy atom. The Labute approximate surface area is 112 Å². The number of imidazole rings is 1. The molecular formula is C14H18N4O. The Morgan fingerprint density at radius 3 is 3.05 bits per heavy atom. The van der Waals surface area contributed by atoms with Gasteiger partial charge in [-0.25, -0.2) is 4.98 Å². The molecule has 100 valence electrons. The third-order valence-electron chi connectivity index (χ3n) is 3.57. The van der Waals surface area contributed by atoms with Crippen LogP contribution in [0.2, 0.25) is 0 Å². The van der Waals surface area contributed by atoms with Crippen molar-refractivity contribution in [3.8, 4) is 0 Å². The average Bonchev–Trinajstić information content (AvgIpc) is 2.83. The van der Waals surface area contributed by atoms with Crippen molar-refractivity contribution in [1.29, 1.82) is 0 Å². The summed E-state index contributed by atoms with van der Waals surface area (Å²) in [6.45, 7) is 6.40. The molecule has 1 aromatic carbocycles. The number of carbonyl (C=O) groups is 1. The first-order chi connectivity index (χ1) is 9.15. The number of rotatable bonds is 1. The number of para-hydroxylation sites is 1. The molecule has 1 atom stereocenters. The van der Waals surface area contributed by atoms with Crippen LogP contribution >= 0.6 is 0 Å². The maximum Gasteiger partial charge on any atom is 0.289 e. The summed E-state index contributed by atoms with van der Waals surface area (Å²) >= 11 is 0. The highest BCUT2D eigenvalue weighted by molar-refractivity contribution is 5.94. The van der Waals surface area contributed by atoms with Crippen molar-refractivity contribution in [1.82, 2.24) is 20.2 Å².